The van der Waals surface area contributed by atoms with Crippen molar-refractivity contribution >= 4 is 18.5 Å². The highest BCUT2D eigenvalue weighted by Gasteiger charge is 2.54. The summed E-state index contributed by atoms with van der Waals surface area (Å²) >= 11 is 0. The zero-order chi connectivity index (χ0) is 29.0. The third-order valence-corrected chi connectivity index (χ3v) is 11.4. The first-order valence-electron chi connectivity index (χ1n) is 14.7. The minimum Gasteiger partial charge on any atom is -0.121 e. The third-order valence-electron chi connectivity index (χ3n) is 9.24. The van der Waals surface area contributed by atoms with E-state index in [1.807, 2.05) is 0 Å². The van der Waals surface area contributed by atoms with Crippen molar-refractivity contribution in [2.45, 2.75) is 78.5 Å². The Bertz CT molecular complexity index is 1270. The molecule has 0 bridgehead atoms. The van der Waals surface area contributed by atoms with Gasteiger partial charge in [-0.1, -0.05) is 117 Å². The van der Waals surface area contributed by atoms with Crippen molar-refractivity contribution in [2.24, 2.45) is 11.8 Å². The summed E-state index contributed by atoms with van der Waals surface area (Å²) in [6.07, 6.45) is 2.42. The van der Waals surface area contributed by atoms with E-state index in [-0.39, 0.29) is 10.3 Å². The van der Waals surface area contributed by atoms with E-state index in [0.717, 1.165) is 0 Å². The molecule has 0 spiro atoms. The molecule has 1 aliphatic carbocycles. The predicted molar refractivity (Wildman–Crippen MR) is 181 cm³/mol. The fourth-order valence-electron chi connectivity index (χ4n) is 7.63. The number of rotatable bonds is 6. The summed E-state index contributed by atoms with van der Waals surface area (Å²) in [4.78, 5) is 0. The topological polar surface area (TPSA) is 0 Å². The maximum absolute atomic E-state index is 3.43. The molecule has 0 amide bonds. The van der Waals surface area contributed by atoms with Crippen molar-refractivity contribution in [1.82, 2.24) is 0 Å². The molecule has 0 heterocycles. The normalized spacial score (nSPS) is 17.6. The molecule has 40 heavy (non-hydrogen) atoms. The molecule has 0 nitrogen and oxygen atoms in total. The smallest absolute Gasteiger partial charge is 0.0375 e. The van der Waals surface area contributed by atoms with Gasteiger partial charge in [-0.2, -0.15) is 0 Å². The van der Waals surface area contributed by atoms with Gasteiger partial charge in [0.15, 0.2) is 0 Å². The minimum atomic E-state index is -0.184. The Kier molecular flexibility index (Phi) is 7.94. The molecular weight excluding hydrogens is 518 g/mol. The zero-order valence-electron chi connectivity index (χ0n) is 25.7. The van der Waals surface area contributed by atoms with Crippen molar-refractivity contribution in [1.29, 1.82) is 0 Å². The van der Waals surface area contributed by atoms with Gasteiger partial charge in [-0.3, -0.25) is 0 Å². The van der Waals surface area contributed by atoms with Crippen molar-refractivity contribution in [2.75, 3.05) is 0 Å². The van der Waals surface area contributed by atoms with Gasteiger partial charge in [0.25, 0.3) is 0 Å². The van der Waals surface area contributed by atoms with Crippen LogP contribution in [0.25, 0.3) is 0 Å². The summed E-state index contributed by atoms with van der Waals surface area (Å²) in [7, 11) is 6.86. The molecule has 1 saturated carbocycles. The lowest BCUT2D eigenvalue weighted by atomic mass is 9.56. The largest absolute Gasteiger partial charge is 0.121 e. The highest BCUT2D eigenvalue weighted by atomic mass is 31.0. The SMILES string of the molecule is Cc1cc(C)cc(C(P)(c2cc(C)cc(C)c2)[C@H]2CC[C@@H]2C(P)(c2cc(C)cc(C)c2)c2cc(C)cc(C)c2)c1. The lowest BCUT2D eigenvalue weighted by Crippen LogP contribution is -2.50. The van der Waals surface area contributed by atoms with E-state index in [0.29, 0.717) is 11.8 Å². The van der Waals surface area contributed by atoms with Gasteiger partial charge in [0.05, 0.1) is 0 Å². The number of hydrogen-bond acceptors (Lipinski definition) is 0. The number of hydrogen-bond donors (Lipinski definition) is 0. The lowest BCUT2D eigenvalue weighted by molar-refractivity contribution is 0.109. The molecule has 1 aliphatic rings. The van der Waals surface area contributed by atoms with E-state index >= 15 is 0 Å². The maximum Gasteiger partial charge on any atom is 0.0375 e. The van der Waals surface area contributed by atoms with Crippen LogP contribution < -0.4 is 0 Å². The fraction of sp³-hybridized carbons (Fsp3) is 0.368. The second kappa shape index (κ2) is 10.9. The average Bonchev–Trinajstić information content (AvgIpc) is 2.80. The molecular formula is C38H46P2. The molecule has 0 N–H and O–H groups in total. The Morgan fingerprint density at radius 2 is 0.550 bits per heavy atom. The van der Waals surface area contributed by atoms with Gasteiger partial charge < -0.3 is 0 Å². The van der Waals surface area contributed by atoms with Crippen LogP contribution in [0.3, 0.4) is 0 Å². The van der Waals surface area contributed by atoms with Crippen LogP contribution in [0.4, 0.5) is 0 Å². The van der Waals surface area contributed by atoms with Crippen LogP contribution in [0.2, 0.25) is 0 Å². The van der Waals surface area contributed by atoms with Gasteiger partial charge in [0.2, 0.25) is 0 Å². The molecule has 4 atom stereocenters. The van der Waals surface area contributed by atoms with Crippen LogP contribution in [0, 0.1) is 67.2 Å². The third kappa shape index (κ3) is 5.24. The summed E-state index contributed by atoms with van der Waals surface area (Å²) in [5.41, 5.74) is 16.4. The molecule has 208 valence electrons. The van der Waals surface area contributed by atoms with Crippen LogP contribution in [0.5, 0.6) is 0 Å². The summed E-state index contributed by atoms with van der Waals surface area (Å²) in [6, 6.07) is 28.7. The number of aryl methyl sites for hydroxylation is 8. The van der Waals surface area contributed by atoms with E-state index in [4.69, 9.17) is 0 Å². The van der Waals surface area contributed by atoms with E-state index in [1.165, 1.54) is 79.6 Å². The first kappa shape index (κ1) is 29.2. The van der Waals surface area contributed by atoms with Gasteiger partial charge in [0, 0.05) is 10.3 Å². The van der Waals surface area contributed by atoms with Gasteiger partial charge in [-0.15, -0.1) is 18.5 Å². The molecule has 0 aliphatic heterocycles. The fourth-order valence-corrected chi connectivity index (χ4v) is 9.10. The molecule has 4 aromatic rings. The van der Waals surface area contributed by atoms with Crippen molar-refractivity contribution in [3.8, 4) is 0 Å². The van der Waals surface area contributed by atoms with Crippen LogP contribution in [0.15, 0.2) is 72.8 Å². The molecule has 0 saturated heterocycles. The quantitative estimate of drug-likeness (QED) is 0.204. The summed E-state index contributed by atoms with van der Waals surface area (Å²) in [6.45, 7) is 17.9. The average molecular weight is 565 g/mol. The Hall–Kier alpha value is -2.26. The highest BCUT2D eigenvalue weighted by molar-refractivity contribution is 7.19. The summed E-state index contributed by atoms with van der Waals surface area (Å²) in [5, 5.41) is -0.369. The molecule has 4 aromatic carbocycles. The van der Waals surface area contributed by atoms with E-state index in [2.05, 4.69) is 147 Å². The molecule has 1 fully saturated rings. The van der Waals surface area contributed by atoms with Gasteiger partial charge >= 0.3 is 0 Å². The van der Waals surface area contributed by atoms with Crippen LogP contribution in [0.1, 0.15) is 79.6 Å². The van der Waals surface area contributed by atoms with E-state index < -0.39 is 0 Å². The van der Waals surface area contributed by atoms with E-state index in [9.17, 15) is 0 Å². The van der Waals surface area contributed by atoms with Gasteiger partial charge in [0.1, 0.15) is 0 Å². The molecule has 0 radical (unpaired) electrons. The Balaban J connectivity index is 1.77. The maximum atomic E-state index is 3.43. The molecule has 5 rings (SSSR count). The first-order valence-corrected chi connectivity index (χ1v) is 15.9. The van der Waals surface area contributed by atoms with Crippen LogP contribution >= 0.6 is 18.5 Å². The van der Waals surface area contributed by atoms with E-state index in [1.54, 1.807) is 0 Å². The van der Waals surface area contributed by atoms with Crippen molar-refractivity contribution in [3.63, 3.8) is 0 Å². The zero-order valence-corrected chi connectivity index (χ0v) is 28.0. The first-order chi connectivity index (χ1) is 18.8. The Morgan fingerprint density at radius 3 is 0.700 bits per heavy atom. The van der Waals surface area contributed by atoms with Gasteiger partial charge in [-0.25, -0.2) is 0 Å². The minimum absolute atomic E-state index is 0.184. The highest BCUT2D eigenvalue weighted by Crippen LogP contribution is 2.64. The molecule has 2 unspecified atom stereocenters. The summed E-state index contributed by atoms with van der Waals surface area (Å²) in [5.74, 6) is 0.915. The van der Waals surface area contributed by atoms with Gasteiger partial charge in [-0.05, 0) is 102 Å². The second-order valence-electron chi connectivity index (χ2n) is 13.0. The molecule has 0 aromatic heterocycles. The Labute approximate surface area is 247 Å². The second-order valence-corrected chi connectivity index (χ2v) is 14.9. The monoisotopic (exact) mass is 564 g/mol. The van der Waals surface area contributed by atoms with Crippen molar-refractivity contribution < 1.29 is 0 Å². The molecule has 2 heteroatoms. The van der Waals surface area contributed by atoms with Crippen LogP contribution in [-0.4, -0.2) is 0 Å². The standard InChI is InChI=1S/C38H46P2/c1-23-11-24(2)16-31(15-23)37(39,32-17-25(3)12-26(4)18-32)35-9-10-36(35)38(40,33-19-27(5)13-28(6)20-33)34-21-29(7)14-30(8)22-34/h11-22,35-36H,9-10,39-40H2,1-8H3/t35-,36-/m0/s1. The lowest BCUT2D eigenvalue weighted by Gasteiger charge is -2.56. The van der Waals surface area contributed by atoms with Crippen molar-refractivity contribution in [3.05, 3.63) is 140 Å². The Morgan fingerprint density at radius 1 is 0.375 bits per heavy atom. The number of benzene rings is 4. The summed E-state index contributed by atoms with van der Waals surface area (Å²) < 4.78 is 0. The predicted octanol–water partition coefficient (Wildman–Crippen LogP) is 10.1. The van der Waals surface area contributed by atoms with Crippen LogP contribution in [-0.2, 0) is 10.3 Å².